The van der Waals surface area contributed by atoms with Crippen molar-refractivity contribution in [2.45, 2.75) is 39.0 Å². The first kappa shape index (κ1) is 13.8. The molecule has 0 saturated carbocycles. The average Bonchev–Trinajstić information content (AvgIpc) is 1.87. The van der Waals surface area contributed by atoms with Gasteiger partial charge in [0.2, 0.25) is 0 Å². The predicted molar refractivity (Wildman–Crippen MR) is 40.7 cm³/mol. The van der Waals surface area contributed by atoms with Crippen molar-refractivity contribution >= 4 is 5.97 Å². The topological polar surface area (TPSA) is 37.3 Å². The smallest absolute Gasteiger partial charge is 0.163 e. The number of carbonyl (C=O) groups is 1. The van der Waals surface area contributed by atoms with Gasteiger partial charge in [-0.25, -0.2) is 0 Å². The number of rotatable bonds is 6. The van der Waals surface area contributed by atoms with Crippen LogP contribution < -0.4 is 0 Å². The zero-order chi connectivity index (χ0) is 7.82. The van der Waals surface area contributed by atoms with Gasteiger partial charge in [0, 0.05) is 25.8 Å². The minimum Gasteiger partial charge on any atom is -0.503 e. The van der Waals surface area contributed by atoms with E-state index in [1.165, 1.54) is 19.3 Å². The van der Waals surface area contributed by atoms with Crippen molar-refractivity contribution in [1.29, 1.82) is 0 Å². The van der Waals surface area contributed by atoms with Crippen molar-refractivity contribution in [1.82, 2.24) is 0 Å². The molecule has 0 radical (unpaired) electrons. The van der Waals surface area contributed by atoms with Crippen LogP contribution >= 0.6 is 0 Å². The van der Waals surface area contributed by atoms with Crippen molar-refractivity contribution in [3.05, 3.63) is 6.42 Å². The van der Waals surface area contributed by atoms with Gasteiger partial charge in [0.1, 0.15) is 0 Å². The van der Waals surface area contributed by atoms with Gasteiger partial charge in [-0.2, -0.15) is 6.42 Å². The van der Waals surface area contributed by atoms with Crippen LogP contribution in [-0.2, 0) is 30.6 Å². The minimum atomic E-state index is -0.795. The number of carboxylic acids is 1. The fraction of sp³-hybridized carbons (Fsp3) is 0.750. The van der Waals surface area contributed by atoms with Gasteiger partial charge in [0.15, 0.2) is 5.97 Å². The van der Waals surface area contributed by atoms with Gasteiger partial charge < -0.3 is 5.11 Å². The predicted octanol–water partition coefficient (Wildman–Crippen LogP) is 2.24. The normalized spacial score (nSPS) is 8.45. The van der Waals surface area contributed by atoms with Crippen LogP contribution in [0.4, 0.5) is 0 Å². The third-order valence-electron chi connectivity index (χ3n) is 1.38. The number of hydrogen-bond donors (Lipinski definition) is 1. The van der Waals surface area contributed by atoms with Gasteiger partial charge in [-0.1, -0.05) is 32.6 Å². The Morgan fingerprint density at radius 3 is 2.45 bits per heavy atom. The van der Waals surface area contributed by atoms with Crippen LogP contribution in [0.15, 0.2) is 0 Å². The van der Waals surface area contributed by atoms with Crippen LogP contribution in [0.25, 0.3) is 0 Å². The monoisotopic (exact) mass is 323 g/mol. The van der Waals surface area contributed by atoms with E-state index in [1.54, 1.807) is 0 Å². The van der Waals surface area contributed by atoms with Crippen LogP contribution in [-0.4, -0.2) is 11.1 Å². The van der Waals surface area contributed by atoms with E-state index in [4.69, 9.17) is 5.11 Å². The third-order valence-corrected chi connectivity index (χ3v) is 1.38. The second-order valence-corrected chi connectivity index (χ2v) is 2.39. The Labute approximate surface area is 87.2 Å². The van der Waals surface area contributed by atoms with Crippen LogP contribution in [0, 0.1) is 6.42 Å². The molecular weight excluding hydrogens is 307 g/mol. The van der Waals surface area contributed by atoms with Crippen molar-refractivity contribution in [3.63, 3.8) is 0 Å². The molecule has 3 heteroatoms. The van der Waals surface area contributed by atoms with Crippen LogP contribution in [0.1, 0.15) is 39.0 Å². The van der Waals surface area contributed by atoms with Gasteiger partial charge >= 0.3 is 0 Å². The summed E-state index contributed by atoms with van der Waals surface area (Å²) in [5.74, 6) is -0.795. The first-order valence-electron chi connectivity index (χ1n) is 3.83. The van der Waals surface area contributed by atoms with Gasteiger partial charge in [-0.15, -0.1) is 0 Å². The van der Waals surface area contributed by atoms with Crippen molar-refractivity contribution in [3.8, 4) is 0 Å². The molecule has 0 fully saturated rings. The van der Waals surface area contributed by atoms with Gasteiger partial charge in [0.05, 0.1) is 0 Å². The summed E-state index contributed by atoms with van der Waals surface area (Å²) in [5.41, 5.74) is 0. The summed E-state index contributed by atoms with van der Waals surface area (Å²) in [5, 5.41) is 8.21. The number of hydrogen-bond acceptors (Lipinski definition) is 1. The first-order valence-corrected chi connectivity index (χ1v) is 3.83. The van der Waals surface area contributed by atoms with E-state index in [9.17, 15) is 4.79 Å². The van der Waals surface area contributed by atoms with Crippen molar-refractivity contribution in [2.24, 2.45) is 0 Å². The summed E-state index contributed by atoms with van der Waals surface area (Å²) in [6, 6.07) is 0. The molecule has 0 atom stereocenters. The molecule has 2 nitrogen and oxygen atoms in total. The molecule has 0 unspecified atom stereocenters. The maximum atomic E-state index is 9.98. The minimum absolute atomic E-state index is 0. The molecule has 0 aromatic carbocycles. The Hall–Kier alpha value is 0.210. The van der Waals surface area contributed by atoms with E-state index in [0.717, 1.165) is 19.3 Å². The summed E-state index contributed by atoms with van der Waals surface area (Å²) in [7, 11) is 0. The Balaban J connectivity index is 0. The van der Waals surface area contributed by atoms with E-state index >= 15 is 0 Å². The maximum absolute atomic E-state index is 9.98. The summed E-state index contributed by atoms with van der Waals surface area (Å²) in [6.07, 6.45) is 6.63. The van der Waals surface area contributed by atoms with E-state index in [1.807, 2.05) is 0 Å². The second kappa shape index (κ2) is 10.2. The molecule has 64 valence electrons. The molecule has 0 spiro atoms. The standard InChI is InChI=1S/C8H15O2.Hf/c1-2-3-4-5-6-7-8(9)10;/h7H,2-6H2,1H3,(H,9,10);/q-1;. The van der Waals surface area contributed by atoms with Gasteiger partial charge in [-0.3, -0.25) is 11.2 Å². The molecule has 0 aliphatic rings. The molecular formula is C8H15HfO2-. The zero-order valence-corrected chi connectivity index (χ0v) is 10.6. The second-order valence-electron chi connectivity index (χ2n) is 2.39. The SMILES string of the molecule is CCCCCC[CH-]C(=O)O.[Hf]. The average molecular weight is 322 g/mol. The molecule has 0 heterocycles. The number of carboxylic acid groups (broad SMARTS) is 1. The zero-order valence-electron chi connectivity index (χ0n) is 6.97. The fourth-order valence-corrected chi connectivity index (χ4v) is 0.797. The summed E-state index contributed by atoms with van der Waals surface area (Å²) in [6.45, 7) is 2.14. The van der Waals surface area contributed by atoms with Gasteiger partial charge in [0.25, 0.3) is 0 Å². The van der Waals surface area contributed by atoms with Crippen LogP contribution in [0.3, 0.4) is 0 Å². The van der Waals surface area contributed by atoms with Crippen molar-refractivity contribution < 1.29 is 35.7 Å². The molecule has 0 rings (SSSR count). The van der Waals surface area contributed by atoms with E-state index in [0.29, 0.717) is 0 Å². The molecule has 0 aromatic rings. The Kier molecular flexibility index (Phi) is 12.8. The molecule has 0 amide bonds. The van der Waals surface area contributed by atoms with Gasteiger partial charge in [-0.05, 0) is 0 Å². The Bertz CT molecular complexity index is 94.1. The Morgan fingerprint density at radius 2 is 2.00 bits per heavy atom. The third kappa shape index (κ3) is 13.2. The molecule has 0 bridgehead atoms. The molecule has 11 heavy (non-hydrogen) atoms. The molecule has 0 saturated heterocycles. The van der Waals surface area contributed by atoms with E-state index in [2.05, 4.69) is 6.92 Å². The quantitative estimate of drug-likeness (QED) is 0.463. The Morgan fingerprint density at radius 1 is 1.36 bits per heavy atom. The molecule has 0 aromatic heterocycles. The number of unbranched alkanes of at least 4 members (excludes halogenated alkanes) is 4. The summed E-state index contributed by atoms with van der Waals surface area (Å²) >= 11 is 0. The molecule has 1 N–H and O–H groups in total. The largest absolute Gasteiger partial charge is 0.503 e. The fourth-order valence-electron chi connectivity index (χ4n) is 0.797. The molecule has 0 aliphatic heterocycles. The van der Waals surface area contributed by atoms with Crippen LogP contribution in [0.5, 0.6) is 0 Å². The first-order chi connectivity index (χ1) is 4.77. The maximum Gasteiger partial charge on any atom is 0.163 e. The molecule has 0 aliphatic carbocycles. The van der Waals surface area contributed by atoms with Crippen LogP contribution in [0.2, 0.25) is 0 Å². The van der Waals surface area contributed by atoms with E-state index in [-0.39, 0.29) is 25.8 Å². The van der Waals surface area contributed by atoms with E-state index < -0.39 is 5.97 Å². The summed E-state index contributed by atoms with van der Waals surface area (Å²) < 4.78 is 0. The van der Waals surface area contributed by atoms with Crippen molar-refractivity contribution in [2.75, 3.05) is 0 Å². The summed E-state index contributed by atoms with van der Waals surface area (Å²) in [4.78, 5) is 9.98. The number of aliphatic carboxylic acids is 1.